The van der Waals surface area contributed by atoms with Gasteiger partial charge in [0.15, 0.2) is 0 Å². The Balaban J connectivity index is 1.52. The first-order chi connectivity index (χ1) is 14.6. The molecule has 30 heavy (non-hydrogen) atoms. The Morgan fingerprint density at radius 2 is 1.73 bits per heavy atom. The quantitative estimate of drug-likeness (QED) is 0.481. The predicted molar refractivity (Wildman–Crippen MR) is 122 cm³/mol. The zero-order valence-corrected chi connectivity index (χ0v) is 17.1. The largest absolute Gasteiger partial charge is 0.350 e. The summed E-state index contributed by atoms with van der Waals surface area (Å²) in [6, 6.07) is 23.9. The third kappa shape index (κ3) is 4.30. The standard InChI is InChI=1S/C25H24N4O/c1-18(2)29(17-19-8-4-3-5-9-19)23-14-13-21(16-27-23)25(30)28-22-12-6-10-20-11-7-15-26-24(20)22/h3-16,18H,17H2,1-2H3,(H,28,30). The highest BCUT2D eigenvalue weighted by atomic mass is 16.1. The van der Waals surface area contributed by atoms with Crippen LogP contribution in [0.2, 0.25) is 0 Å². The molecule has 0 aliphatic carbocycles. The molecule has 2 aromatic heterocycles. The first-order valence-corrected chi connectivity index (χ1v) is 10.0. The molecule has 5 nitrogen and oxygen atoms in total. The molecule has 0 spiro atoms. The number of hydrogen-bond donors (Lipinski definition) is 1. The van der Waals surface area contributed by atoms with E-state index < -0.39 is 0 Å². The number of amides is 1. The molecule has 150 valence electrons. The topological polar surface area (TPSA) is 58.1 Å². The molecule has 0 saturated heterocycles. The van der Waals surface area contributed by atoms with E-state index in [9.17, 15) is 4.79 Å². The van der Waals surface area contributed by atoms with Crippen LogP contribution in [0.3, 0.4) is 0 Å². The molecule has 2 aromatic carbocycles. The normalized spacial score (nSPS) is 10.9. The third-order valence-corrected chi connectivity index (χ3v) is 5.00. The lowest BCUT2D eigenvalue weighted by molar-refractivity contribution is 0.102. The summed E-state index contributed by atoms with van der Waals surface area (Å²) >= 11 is 0. The molecule has 1 N–H and O–H groups in total. The molecule has 2 heterocycles. The van der Waals surface area contributed by atoms with Gasteiger partial charge >= 0.3 is 0 Å². The number of benzene rings is 2. The van der Waals surface area contributed by atoms with E-state index in [4.69, 9.17) is 0 Å². The highest BCUT2D eigenvalue weighted by molar-refractivity contribution is 6.08. The fourth-order valence-electron chi connectivity index (χ4n) is 3.40. The van der Waals surface area contributed by atoms with Gasteiger partial charge in [-0.05, 0) is 43.7 Å². The molecule has 0 atom stereocenters. The number of nitrogens with zero attached hydrogens (tertiary/aromatic N) is 3. The van der Waals surface area contributed by atoms with Crippen LogP contribution in [0, 0.1) is 0 Å². The number of carbonyl (C=O) groups excluding carboxylic acids is 1. The maximum atomic E-state index is 12.8. The van der Waals surface area contributed by atoms with E-state index in [2.05, 4.69) is 46.2 Å². The van der Waals surface area contributed by atoms with Gasteiger partial charge in [-0.25, -0.2) is 4.98 Å². The second-order valence-corrected chi connectivity index (χ2v) is 7.45. The molecular weight excluding hydrogens is 372 g/mol. The number of nitrogens with one attached hydrogen (secondary N) is 1. The minimum absolute atomic E-state index is 0.202. The summed E-state index contributed by atoms with van der Waals surface area (Å²) in [7, 11) is 0. The highest BCUT2D eigenvalue weighted by Gasteiger charge is 2.15. The second kappa shape index (κ2) is 8.74. The lowest BCUT2D eigenvalue weighted by Crippen LogP contribution is -2.31. The maximum Gasteiger partial charge on any atom is 0.257 e. The van der Waals surface area contributed by atoms with Crippen LogP contribution in [0.5, 0.6) is 0 Å². The van der Waals surface area contributed by atoms with Crippen molar-refractivity contribution in [2.75, 3.05) is 10.2 Å². The number of rotatable bonds is 6. The van der Waals surface area contributed by atoms with Gasteiger partial charge in [-0.2, -0.15) is 0 Å². The number of fused-ring (bicyclic) bond motifs is 1. The van der Waals surface area contributed by atoms with E-state index in [0.29, 0.717) is 11.3 Å². The Kier molecular flexibility index (Phi) is 5.70. The van der Waals surface area contributed by atoms with E-state index in [-0.39, 0.29) is 11.9 Å². The average molecular weight is 396 g/mol. The molecule has 4 rings (SSSR count). The maximum absolute atomic E-state index is 12.8. The van der Waals surface area contributed by atoms with Crippen LogP contribution >= 0.6 is 0 Å². The number of aromatic nitrogens is 2. The molecule has 1 amide bonds. The second-order valence-electron chi connectivity index (χ2n) is 7.45. The van der Waals surface area contributed by atoms with Gasteiger partial charge in [0.2, 0.25) is 0 Å². The van der Waals surface area contributed by atoms with Crippen molar-refractivity contribution in [2.24, 2.45) is 0 Å². The Labute approximate surface area is 176 Å². The van der Waals surface area contributed by atoms with E-state index in [1.807, 2.05) is 60.7 Å². The molecule has 0 radical (unpaired) electrons. The van der Waals surface area contributed by atoms with Crippen LogP contribution in [0.15, 0.2) is 85.2 Å². The van der Waals surface area contributed by atoms with Crippen molar-refractivity contribution < 1.29 is 4.79 Å². The van der Waals surface area contributed by atoms with Crippen molar-refractivity contribution >= 4 is 28.3 Å². The Morgan fingerprint density at radius 3 is 2.47 bits per heavy atom. The molecule has 0 unspecified atom stereocenters. The fraction of sp³-hybridized carbons (Fsp3) is 0.160. The van der Waals surface area contributed by atoms with Gasteiger partial charge in [0.25, 0.3) is 5.91 Å². The van der Waals surface area contributed by atoms with Crippen LogP contribution in [-0.2, 0) is 6.54 Å². The van der Waals surface area contributed by atoms with Crippen molar-refractivity contribution in [1.82, 2.24) is 9.97 Å². The SMILES string of the molecule is CC(C)N(Cc1ccccc1)c1ccc(C(=O)Nc2cccc3cccnc23)cn1. The van der Waals surface area contributed by atoms with E-state index >= 15 is 0 Å². The van der Waals surface area contributed by atoms with Crippen LogP contribution in [0.25, 0.3) is 10.9 Å². The molecule has 0 aliphatic heterocycles. The molecule has 0 aliphatic rings. The van der Waals surface area contributed by atoms with Crippen molar-refractivity contribution in [3.8, 4) is 0 Å². The minimum atomic E-state index is -0.202. The summed E-state index contributed by atoms with van der Waals surface area (Å²) in [5.74, 6) is 0.642. The van der Waals surface area contributed by atoms with Gasteiger partial charge in [0, 0.05) is 30.4 Å². The van der Waals surface area contributed by atoms with E-state index in [1.54, 1.807) is 12.4 Å². The number of hydrogen-bond acceptors (Lipinski definition) is 4. The Bertz CT molecular complexity index is 1140. The summed E-state index contributed by atoms with van der Waals surface area (Å²) in [4.78, 5) is 23.9. The van der Waals surface area contributed by atoms with Gasteiger partial charge in [0.05, 0.1) is 16.8 Å². The van der Waals surface area contributed by atoms with Gasteiger partial charge < -0.3 is 10.2 Å². The summed E-state index contributed by atoms with van der Waals surface area (Å²) < 4.78 is 0. The zero-order valence-electron chi connectivity index (χ0n) is 17.1. The Morgan fingerprint density at radius 1 is 0.933 bits per heavy atom. The number of anilines is 2. The predicted octanol–water partition coefficient (Wildman–Crippen LogP) is 5.30. The van der Waals surface area contributed by atoms with Gasteiger partial charge in [-0.1, -0.05) is 48.5 Å². The van der Waals surface area contributed by atoms with Crippen LogP contribution < -0.4 is 10.2 Å². The molecular formula is C25H24N4O. The highest BCUT2D eigenvalue weighted by Crippen LogP contribution is 2.22. The van der Waals surface area contributed by atoms with Crippen molar-refractivity contribution in [3.05, 3.63) is 96.3 Å². The number of carbonyl (C=O) groups is 1. The first kappa shape index (κ1) is 19.6. The lowest BCUT2D eigenvalue weighted by atomic mass is 10.1. The smallest absolute Gasteiger partial charge is 0.257 e. The average Bonchev–Trinajstić information content (AvgIpc) is 2.78. The van der Waals surface area contributed by atoms with Crippen LogP contribution in [0.4, 0.5) is 11.5 Å². The molecule has 5 heteroatoms. The summed E-state index contributed by atoms with van der Waals surface area (Å²) in [6.45, 7) is 5.04. The van der Waals surface area contributed by atoms with Crippen molar-refractivity contribution in [2.45, 2.75) is 26.4 Å². The fourth-order valence-corrected chi connectivity index (χ4v) is 3.40. The van der Waals surface area contributed by atoms with Gasteiger partial charge in [-0.15, -0.1) is 0 Å². The van der Waals surface area contributed by atoms with Crippen molar-refractivity contribution in [1.29, 1.82) is 0 Å². The summed E-state index contributed by atoms with van der Waals surface area (Å²) in [5.41, 5.74) is 3.19. The van der Waals surface area contributed by atoms with E-state index in [1.165, 1.54) is 5.56 Å². The first-order valence-electron chi connectivity index (χ1n) is 10.0. The number of para-hydroxylation sites is 1. The zero-order chi connectivity index (χ0) is 20.9. The Hall–Kier alpha value is -3.73. The van der Waals surface area contributed by atoms with Crippen molar-refractivity contribution in [3.63, 3.8) is 0 Å². The lowest BCUT2D eigenvalue weighted by Gasteiger charge is -2.28. The molecule has 0 bridgehead atoms. The molecule has 4 aromatic rings. The van der Waals surface area contributed by atoms with Gasteiger partial charge in [-0.3, -0.25) is 9.78 Å². The molecule has 0 fully saturated rings. The number of pyridine rings is 2. The van der Waals surface area contributed by atoms with Gasteiger partial charge in [0.1, 0.15) is 5.82 Å². The summed E-state index contributed by atoms with van der Waals surface area (Å²) in [6.07, 6.45) is 3.35. The van der Waals surface area contributed by atoms with Crippen LogP contribution in [0.1, 0.15) is 29.8 Å². The summed E-state index contributed by atoms with van der Waals surface area (Å²) in [5, 5.41) is 3.94. The van der Waals surface area contributed by atoms with Crippen LogP contribution in [-0.4, -0.2) is 21.9 Å². The molecule has 0 saturated carbocycles. The minimum Gasteiger partial charge on any atom is -0.350 e. The van der Waals surface area contributed by atoms with E-state index in [0.717, 1.165) is 23.3 Å². The third-order valence-electron chi connectivity index (χ3n) is 5.00. The monoisotopic (exact) mass is 396 g/mol.